The van der Waals surface area contributed by atoms with Gasteiger partial charge in [0.15, 0.2) is 5.82 Å². The predicted octanol–water partition coefficient (Wildman–Crippen LogP) is 1.97. The Bertz CT molecular complexity index is 514. The molecular formula is C11H8N4. The lowest BCUT2D eigenvalue weighted by molar-refractivity contribution is 1.02. The van der Waals surface area contributed by atoms with Crippen LogP contribution in [0.3, 0.4) is 0 Å². The van der Waals surface area contributed by atoms with Crippen LogP contribution in [0.1, 0.15) is 0 Å². The Hall–Kier alpha value is -2.23. The smallest absolute Gasteiger partial charge is 0.160 e. The summed E-state index contributed by atoms with van der Waals surface area (Å²) in [6.45, 7) is 0. The van der Waals surface area contributed by atoms with Crippen LogP contribution in [-0.4, -0.2) is 20.2 Å². The molecule has 2 aliphatic heterocycles. The highest BCUT2D eigenvalue weighted by Crippen LogP contribution is 2.22. The van der Waals surface area contributed by atoms with Crippen molar-refractivity contribution in [2.75, 3.05) is 0 Å². The van der Waals surface area contributed by atoms with E-state index in [9.17, 15) is 0 Å². The molecule has 0 aromatic heterocycles. The average molecular weight is 196 g/mol. The van der Waals surface area contributed by atoms with E-state index >= 15 is 0 Å². The van der Waals surface area contributed by atoms with E-state index < -0.39 is 0 Å². The molecule has 0 fully saturated rings. The second kappa shape index (κ2) is 3.16. The van der Waals surface area contributed by atoms with Gasteiger partial charge in [-0.2, -0.15) is 5.10 Å². The first kappa shape index (κ1) is 8.11. The van der Waals surface area contributed by atoms with Crippen LogP contribution in [0.15, 0.2) is 42.7 Å². The number of aromatic amines is 1. The van der Waals surface area contributed by atoms with Crippen LogP contribution in [0.25, 0.3) is 22.8 Å². The van der Waals surface area contributed by atoms with Crippen LogP contribution in [0.5, 0.6) is 0 Å². The molecule has 15 heavy (non-hydrogen) atoms. The van der Waals surface area contributed by atoms with Gasteiger partial charge in [0.25, 0.3) is 0 Å². The quantitative estimate of drug-likeness (QED) is 0.647. The summed E-state index contributed by atoms with van der Waals surface area (Å²) in [5.74, 6) is 0.743. The number of nitrogens with one attached hydrogen (secondary N) is 1. The van der Waals surface area contributed by atoms with Gasteiger partial charge in [-0.05, 0) is 0 Å². The van der Waals surface area contributed by atoms with Crippen molar-refractivity contribution in [3.8, 4) is 22.8 Å². The lowest BCUT2D eigenvalue weighted by Gasteiger charge is -1.91. The maximum absolute atomic E-state index is 4.40. The number of hydrogen-bond donors (Lipinski definition) is 1. The Morgan fingerprint density at radius 1 is 0.933 bits per heavy atom. The normalized spacial score (nSPS) is 10.7. The summed E-state index contributed by atoms with van der Waals surface area (Å²) < 4.78 is 0. The first-order valence-corrected chi connectivity index (χ1v) is 4.65. The van der Waals surface area contributed by atoms with Crippen molar-refractivity contribution >= 4 is 0 Å². The standard InChI is InChI=1S/C11H8N4/c1-2-4-8(5-3-1)11-14-9-6-12-13-7-10(9)15-11/h1-7,12H. The molecule has 4 heteroatoms. The Labute approximate surface area is 86.4 Å². The maximum atomic E-state index is 4.40. The molecule has 1 aromatic rings. The fourth-order valence-electron chi connectivity index (χ4n) is 1.48. The molecule has 2 aliphatic rings. The molecule has 0 radical (unpaired) electrons. The topological polar surface area (TPSA) is 54.5 Å². The second-order valence-electron chi connectivity index (χ2n) is 3.22. The summed E-state index contributed by atoms with van der Waals surface area (Å²) in [5.41, 5.74) is 2.67. The van der Waals surface area contributed by atoms with E-state index in [2.05, 4.69) is 20.2 Å². The summed E-state index contributed by atoms with van der Waals surface area (Å²) in [7, 11) is 0. The molecule has 0 spiro atoms. The Morgan fingerprint density at radius 2 is 1.73 bits per heavy atom. The molecule has 1 aromatic carbocycles. The summed E-state index contributed by atoms with van der Waals surface area (Å²) in [6, 6.07) is 9.90. The molecule has 0 saturated heterocycles. The third-order valence-electron chi connectivity index (χ3n) is 2.21. The van der Waals surface area contributed by atoms with E-state index in [0.29, 0.717) is 0 Å². The Kier molecular flexibility index (Phi) is 1.71. The minimum absolute atomic E-state index is 0.743. The van der Waals surface area contributed by atoms with Gasteiger partial charge in [0.2, 0.25) is 0 Å². The van der Waals surface area contributed by atoms with Crippen LogP contribution in [0, 0.1) is 0 Å². The van der Waals surface area contributed by atoms with Gasteiger partial charge >= 0.3 is 0 Å². The molecule has 0 atom stereocenters. The largest absolute Gasteiger partial charge is 0.283 e. The van der Waals surface area contributed by atoms with Crippen LogP contribution in [-0.2, 0) is 0 Å². The lowest BCUT2D eigenvalue weighted by Crippen LogP contribution is -1.83. The number of benzene rings is 1. The van der Waals surface area contributed by atoms with Gasteiger partial charge in [-0.15, -0.1) is 0 Å². The first-order chi connectivity index (χ1) is 7.43. The van der Waals surface area contributed by atoms with E-state index in [1.165, 1.54) is 0 Å². The van der Waals surface area contributed by atoms with Crippen molar-refractivity contribution in [1.29, 1.82) is 0 Å². The molecule has 72 valence electrons. The molecule has 4 nitrogen and oxygen atoms in total. The van der Waals surface area contributed by atoms with E-state index in [4.69, 9.17) is 0 Å². The monoisotopic (exact) mass is 196 g/mol. The van der Waals surface area contributed by atoms with Crippen LogP contribution in [0.2, 0.25) is 0 Å². The van der Waals surface area contributed by atoms with E-state index in [-0.39, 0.29) is 0 Å². The Balaban J connectivity index is 2.18. The lowest BCUT2D eigenvalue weighted by atomic mass is 10.2. The van der Waals surface area contributed by atoms with Gasteiger partial charge < -0.3 is 0 Å². The molecule has 3 rings (SSSR count). The zero-order valence-electron chi connectivity index (χ0n) is 7.88. The average Bonchev–Trinajstić information content (AvgIpc) is 2.74. The van der Waals surface area contributed by atoms with Crippen LogP contribution in [0.4, 0.5) is 0 Å². The maximum Gasteiger partial charge on any atom is 0.160 e. The van der Waals surface area contributed by atoms with Gasteiger partial charge in [-0.1, -0.05) is 30.3 Å². The predicted molar refractivity (Wildman–Crippen MR) is 56.2 cm³/mol. The molecule has 0 amide bonds. The van der Waals surface area contributed by atoms with E-state index in [1.54, 1.807) is 12.4 Å². The fourth-order valence-corrected chi connectivity index (χ4v) is 1.48. The second-order valence-corrected chi connectivity index (χ2v) is 3.22. The summed E-state index contributed by atoms with van der Waals surface area (Å²) in [4.78, 5) is 8.79. The molecule has 0 saturated carbocycles. The van der Waals surface area contributed by atoms with E-state index in [1.807, 2.05) is 30.3 Å². The minimum atomic E-state index is 0.743. The van der Waals surface area contributed by atoms with Gasteiger partial charge in [0, 0.05) is 11.8 Å². The number of imidazole rings is 1. The highest BCUT2D eigenvalue weighted by atomic mass is 15.1. The number of aromatic nitrogens is 4. The minimum Gasteiger partial charge on any atom is -0.283 e. The number of fused-ring (bicyclic) bond motifs is 1. The molecule has 0 aliphatic carbocycles. The number of H-pyrrole nitrogens is 1. The number of hydrogen-bond acceptors (Lipinski definition) is 3. The van der Waals surface area contributed by atoms with Crippen molar-refractivity contribution in [2.45, 2.75) is 0 Å². The van der Waals surface area contributed by atoms with Crippen molar-refractivity contribution in [3.05, 3.63) is 42.7 Å². The van der Waals surface area contributed by atoms with Crippen molar-refractivity contribution < 1.29 is 0 Å². The van der Waals surface area contributed by atoms with Crippen molar-refractivity contribution in [2.24, 2.45) is 0 Å². The SMILES string of the molecule is c1ccc(-c2nc3cn[nH]cc-3n2)cc1. The highest BCUT2D eigenvalue weighted by Gasteiger charge is 2.10. The van der Waals surface area contributed by atoms with Crippen molar-refractivity contribution in [1.82, 2.24) is 20.2 Å². The van der Waals surface area contributed by atoms with Gasteiger partial charge in [0.1, 0.15) is 11.4 Å². The van der Waals surface area contributed by atoms with Gasteiger partial charge in [-0.25, -0.2) is 9.97 Å². The summed E-state index contributed by atoms with van der Waals surface area (Å²) in [6.07, 6.45) is 3.42. The Morgan fingerprint density at radius 3 is 2.53 bits per heavy atom. The van der Waals surface area contributed by atoms with Crippen molar-refractivity contribution in [3.63, 3.8) is 0 Å². The molecule has 0 unspecified atom stereocenters. The molecule has 0 bridgehead atoms. The van der Waals surface area contributed by atoms with Gasteiger partial charge in [-0.3, -0.25) is 5.10 Å². The molecule has 2 heterocycles. The molecule has 1 N–H and O–H groups in total. The third kappa shape index (κ3) is 1.36. The number of rotatable bonds is 1. The van der Waals surface area contributed by atoms with Crippen LogP contribution < -0.4 is 0 Å². The summed E-state index contributed by atoms with van der Waals surface area (Å²) in [5, 5.41) is 6.64. The third-order valence-corrected chi connectivity index (χ3v) is 2.21. The fraction of sp³-hybridized carbons (Fsp3) is 0. The highest BCUT2D eigenvalue weighted by molar-refractivity contribution is 5.64. The number of nitrogens with zero attached hydrogens (tertiary/aromatic N) is 3. The zero-order chi connectivity index (χ0) is 10.1. The first-order valence-electron chi connectivity index (χ1n) is 4.65. The zero-order valence-corrected chi connectivity index (χ0v) is 7.88. The van der Waals surface area contributed by atoms with E-state index in [0.717, 1.165) is 22.8 Å². The van der Waals surface area contributed by atoms with Gasteiger partial charge in [0.05, 0.1) is 6.20 Å². The summed E-state index contributed by atoms with van der Waals surface area (Å²) >= 11 is 0. The van der Waals surface area contributed by atoms with Crippen LogP contribution >= 0.6 is 0 Å². The molecular weight excluding hydrogens is 188 g/mol.